The van der Waals surface area contributed by atoms with E-state index in [4.69, 9.17) is 4.74 Å². The minimum absolute atomic E-state index is 0.229. The summed E-state index contributed by atoms with van der Waals surface area (Å²) in [5.41, 5.74) is 0.468. The molecule has 1 aromatic rings. The van der Waals surface area contributed by atoms with Gasteiger partial charge in [-0.15, -0.1) is 0 Å². The van der Waals surface area contributed by atoms with Crippen LogP contribution in [0.5, 0.6) is 0 Å². The number of hydrogen-bond donors (Lipinski definition) is 1. The predicted molar refractivity (Wildman–Crippen MR) is 69.0 cm³/mol. The topological polar surface area (TPSA) is 72.0 Å². The number of carbonyl (C=O) groups is 1. The second-order valence-electron chi connectivity index (χ2n) is 4.39. The van der Waals surface area contributed by atoms with Gasteiger partial charge in [0.2, 0.25) is 0 Å². The van der Waals surface area contributed by atoms with Crippen LogP contribution in [0.2, 0.25) is 0 Å². The Morgan fingerprint density at radius 1 is 1.53 bits per heavy atom. The van der Waals surface area contributed by atoms with Crippen molar-refractivity contribution in [1.82, 2.24) is 9.97 Å². The molecule has 0 aromatic carbocycles. The molecule has 5 heteroatoms. The Morgan fingerprint density at radius 3 is 2.89 bits per heavy atom. The van der Waals surface area contributed by atoms with Crippen molar-refractivity contribution < 1.29 is 14.3 Å². The van der Waals surface area contributed by atoms with Gasteiger partial charge in [0.1, 0.15) is 11.8 Å². The van der Waals surface area contributed by atoms with Gasteiger partial charge >= 0.3 is 5.97 Å². The maximum atomic E-state index is 11.9. The second kappa shape index (κ2) is 5.50. The molecule has 0 saturated carbocycles. The van der Waals surface area contributed by atoms with Gasteiger partial charge < -0.3 is 9.72 Å². The van der Waals surface area contributed by atoms with E-state index in [1.165, 1.54) is 0 Å². The van der Waals surface area contributed by atoms with Gasteiger partial charge in [0.15, 0.2) is 0 Å². The fourth-order valence-electron chi connectivity index (χ4n) is 1.87. The van der Waals surface area contributed by atoms with Gasteiger partial charge in [-0.1, -0.05) is 12.2 Å². The van der Waals surface area contributed by atoms with Crippen molar-refractivity contribution >= 4 is 11.9 Å². The molecule has 1 aliphatic carbocycles. The largest absolute Gasteiger partial charge is 0.459 e. The normalized spacial score (nSPS) is 18.2. The van der Waals surface area contributed by atoms with Crippen molar-refractivity contribution in [3.63, 3.8) is 0 Å². The number of rotatable bonds is 3. The van der Waals surface area contributed by atoms with Crippen molar-refractivity contribution in [3.8, 4) is 0 Å². The summed E-state index contributed by atoms with van der Waals surface area (Å²) in [6.07, 6.45) is 8.07. The van der Waals surface area contributed by atoms with Gasteiger partial charge in [-0.2, -0.15) is 0 Å². The fraction of sp³-hybridized carbons (Fsp3) is 0.286. The highest BCUT2D eigenvalue weighted by Gasteiger charge is 2.28. The van der Waals surface area contributed by atoms with Crippen LogP contribution in [0.1, 0.15) is 25.6 Å². The summed E-state index contributed by atoms with van der Waals surface area (Å²) in [4.78, 5) is 30.2. The Hall–Kier alpha value is -2.39. The third-order valence-electron chi connectivity index (χ3n) is 2.65. The van der Waals surface area contributed by atoms with E-state index in [1.54, 1.807) is 44.5 Å². The quantitative estimate of drug-likeness (QED) is 0.661. The van der Waals surface area contributed by atoms with Crippen LogP contribution < -0.4 is 0 Å². The van der Waals surface area contributed by atoms with Crippen molar-refractivity contribution in [1.29, 1.82) is 0 Å². The molecule has 1 heterocycles. The van der Waals surface area contributed by atoms with Gasteiger partial charge in [0, 0.05) is 12.4 Å². The molecule has 1 aliphatic rings. The van der Waals surface area contributed by atoms with Crippen LogP contribution >= 0.6 is 0 Å². The number of H-pyrrole nitrogens is 1. The number of esters is 1. The van der Waals surface area contributed by atoms with Gasteiger partial charge in [0.05, 0.1) is 23.2 Å². The Bertz CT molecular complexity index is 576. The van der Waals surface area contributed by atoms with E-state index < -0.39 is 11.9 Å². The van der Waals surface area contributed by atoms with Crippen molar-refractivity contribution in [2.24, 2.45) is 0 Å². The van der Waals surface area contributed by atoms with Crippen LogP contribution in [0.25, 0.3) is 0 Å². The molecule has 0 bridgehead atoms. The minimum Gasteiger partial charge on any atom is -0.459 e. The van der Waals surface area contributed by atoms with Crippen LogP contribution in [0.3, 0.4) is 0 Å². The summed E-state index contributed by atoms with van der Waals surface area (Å²) in [6.45, 7) is 3.51. The molecule has 2 rings (SSSR count). The van der Waals surface area contributed by atoms with Gasteiger partial charge in [-0.25, -0.2) is 14.6 Å². The zero-order chi connectivity index (χ0) is 13.8. The monoisotopic (exact) mass is 258 g/mol. The third-order valence-corrected chi connectivity index (χ3v) is 2.65. The van der Waals surface area contributed by atoms with Gasteiger partial charge in [-0.3, -0.25) is 0 Å². The zero-order valence-corrected chi connectivity index (χ0v) is 10.7. The number of imidazole rings is 1. The first-order valence-corrected chi connectivity index (χ1v) is 5.97. The molecule has 0 fully saturated rings. The highest BCUT2D eigenvalue weighted by Crippen LogP contribution is 2.31. The summed E-state index contributed by atoms with van der Waals surface area (Å²) >= 11 is 0. The van der Waals surface area contributed by atoms with E-state index in [1.807, 2.05) is 5.94 Å². The van der Waals surface area contributed by atoms with Crippen LogP contribution in [-0.2, 0) is 14.3 Å². The molecule has 98 valence electrons. The van der Waals surface area contributed by atoms with E-state index in [2.05, 4.69) is 9.97 Å². The lowest BCUT2D eigenvalue weighted by molar-refractivity contribution is -0.142. The third kappa shape index (κ3) is 2.72. The smallest absolute Gasteiger partial charge is 0.339 e. The number of aromatic nitrogens is 2. The van der Waals surface area contributed by atoms with Crippen LogP contribution in [-0.4, -0.2) is 28.0 Å². The van der Waals surface area contributed by atoms with E-state index >= 15 is 0 Å². The Kier molecular flexibility index (Phi) is 3.78. The predicted octanol–water partition coefficient (Wildman–Crippen LogP) is 1.70. The molecule has 5 nitrogen and oxygen atoms in total. The number of carbonyl (C=O) groups excluding carboxylic acids is 2. The molecule has 0 spiro atoms. The first kappa shape index (κ1) is 13.1. The lowest BCUT2D eigenvalue weighted by Crippen LogP contribution is -2.19. The maximum absolute atomic E-state index is 11.9. The van der Waals surface area contributed by atoms with Gasteiger partial charge in [-0.05, 0) is 19.9 Å². The Balaban J connectivity index is 2.31. The first-order valence-electron chi connectivity index (χ1n) is 5.97. The molecule has 1 N–H and O–H groups in total. The van der Waals surface area contributed by atoms with Crippen LogP contribution in [0.15, 0.2) is 41.8 Å². The summed E-state index contributed by atoms with van der Waals surface area (Å²) in [5, 5.41) is 0. The lowest BCUT2D eigenvalue weighted by atomic mass is 9.88. The van der Waals surface area contributed by atoms with Crippen LogP contribution in [0.4, 0.5) is 0 Å². The number of nitrogens with zero attached hydrogens (tertiary/aromatic N) is 1. The Morgan fingerprint density at radius 2 is 2.32 bits per heavy atom. The zero-order valence-electron chi connectivity index (χ0n) is 10.7. The molecular formula is C14H14N2O3. The van der Waals surface area contributed by atoms with Crippen molar-refractivity contribution in [2.45, 2.75) is 25.9 Å². The average Bonchev–Trinajstić information content (AvgIpc) is 2.90. The molecule has 0 amide bonds. The summed E-state index contributed by atoms with van der Waals surface area (Å²) in [5.74, 6) is 1.51. The fourth-order valence-corrected chi connectivity index (χ4v) is 1.87. The lowest BCUT2D eigenvalue weighted by Gasteiger charge is -2.18. The van der Waals surface area contributed by atoms with Crippen molar-refractivity contribution in [3.05, 3.63) is 47.6 Å². The summed E-state index contributed by atoms with van der Waals surface area (Å²) in [7, 11) is 0. The molecule has 0 radical (unpaired) electrons. The molecule has 1 unspecified atom stereocenters. The number of allylic oxidation sites excluding steroid dienone is 3. The van der Waals surface area contributed by atoms with E-state index in [0.29, 0.717) is 5.82 Å². The van der Waals surface area contributed by atoms with Crippen LogP contribution in [0, 0.1) is 0 Å². The molecule has 0 aliphatic heterocycles. The van der Waals surface area contributed by atoms with Crippen molar-refractivity contribution in [2.75, 3.05) is 0 Å². The molecule has 19 heavy (non-hydrogen) atoms. The average molecular weight is 258 g/mol. The molecule has 0 saturated heterocycles. The van der Waals surface area contributed by atoms with E-state index in [9.17, 15) is 9.59 Å². The van der Waals surface area contributed by atoms with E-state index in [0.717, 1.165) is 0 Å². The van der Waals surface area contributed by atoms with Gasteiger partial charge in [0.25, 0.3) is 0 Å². The number of ether oxygens (including phenoxy) is 1. The highest BCUT2D eigenvalue weighted by molar-refractivity contribution is 5.98. The first-order chi connectivity index (χ1) is 9.13. The SMILES string of the molecule is CC(C)OC(=O)C1=CC=CC(c2ncc[nH]2)C1=C=O. The molecule has 1 aromatic heterocycles. The summed E-state index contributed by atoms with van der Waals surface area (Å²) < 4.78 is 5.12. The number of nitrogens with one attached hydrogen (secondary N) is 1. The molecular weight excluding hydrogens is 244 g/mol. The summed E-state index contributed by atoms with van der Waals surface area (Å²) in [6, 6.07) is 0. The minimum atomic E-state index is -0.519. The van der Waals surface area contributed by atoms with E-state index in [-0.39, 0.29) is 17.3 Å². The molecule has 1 atom stereocenters. The Labute approximate surface area is 110 Å². The maximum Gasteiger partial charge on any atom is 0.339 e. The standard InChI is InChI=1S/C14H14N2O3/c1-9(2)19-14(18)11-5-3-4-10(12(11)8-17)13-15-6-7-16-13/h3-7,9-10H,1-2H3,(H,15,16). The second-order valence-corrected chi connectivity index (χ2v) is 4.39. The highest BCUT2D eigenvalue weighted by atomic mass is 16.5. The number of hydrogen-bond acceptors (Lipinski definition) is 4. The number of aromatic amines is 1.